The molecule has 96 valence electrons. The number of nitriles is 1. The van der Waals surface area contributed by atoms with Gasteiger partial charge in [-0.15, -0.1) is 0 Å². The van der Waals surface area contributed by atoms with Gasteiger partial charge >= 0.3 is 0 Å². The number of halogens is 1. The number of carbonyl (C=O) groups is 1. The van der Waals surface area contributed by atoms with E-state index in [-0.39, 0.29) is 19.1 Å². The van der Waals surface area contributed by atoms with E-state index in [4.69, 9.17) is 27.3 Å². The van der Waals surface area contributed by atoms with E-state index in [1.165, 1.54) is 0 Å². The van der Waals surface area contributed by atoms with Crippen molar-refractivity contribution in [2.75, 3.05) is 19.7 Å². The standard InChI is InChI=1S/C12H14ClN3O2/c13-10-3-1-2-9(4-5-14)12(10)18-8-11(17)16-7-6-15/h1-3H,4-5,7-8,14H2,(H,16,17). The summed E-state index contributed by atoms with van der Waals surface area (Å²) in [6.45, 7) is 0.251. The summed E-state index contributed by atoms with van der Waals surface area (Å²) < 4.78 is 5.37. The van der Waals surface area contributed by atoms with Crippen molar-refractivity contribution < 1.29 is 9.53 Å². The molecule has 0 fully saturated rings. The van der Waals surface area contributed by atoms with E-state index in [1.807, 2.05) is 12.1 Å². The Bertz CT molecular complexity index is 457. The number of carbonyl (C=O) groups excluding carboxylic acids is 1. The fourth-order valence-corrected chi connectivity index (χ4v) is 1.64. The highest BCUT2D eigenvalue weighted by Crippen LogP contribution is 2.28. The van der Waals surface area contributed by atoms with Crippen LogP contribution < -0.4 is 15.8 Å². The SMILES string of the molecule is N#CCNC(=O)COc1c(Cl)cccc1CCN. The molecule has 0 heterocycles. The third-order valence-electron chi connectivity index (χ3n) is 2.17. The van der Waals surface area contributed by atoms with Crippen LogP contribution in [0, 0.1) is 11.3 Å². The maximum atomic E-state index is 11.3. The average Bonchev–Trinajstić information content (AvgIpc) is 2.36. The van der Waals surface area contributed by atoms with E-state index in [2.05, 4.69) is 5.32 Å². The second-order valence-electron chi connectivity index (χ2n) is 3.49. The number of nitrogens with one attached hydrogen (secondary N) is 1. The molecule has 3 N–H and O–H groups in total. The molecule has 0 bridgehead atoms. The number of benzene rings is 1. The zero-order valence-electron chi connectivity index (χ0n) is 9.78. The van der Waals surface area contributed by atoms with Crippen LogP contribution in [0.25, 0.3) is 0 Å². The summed E-state index contributed by atoms with van der Waals surface area (Å²) >= 11 is 6.00. The van der Waals surface area contributed by atoms with Gasteiger partial charge in [0.15, 0.2) is 6.61 Å². The molecule has 5 nitrogen and oxygen atoms in total. The molecule has 0 saturated carbocycles. The highest BCUT2D eigenvalue weighted by molar-refractivity contribution is 6.32. The highest BCUT2D eigenvalue weighted by atomic mass is 35.5. The van der Waals surface area contributed by atoms with Gasteiger partial charge < -0.3 is 15.8 Å². The molecule has 0 aliphatic carbocycles. The molecule has 0 radical (unpaired) electrons. The number of nitrogens with two attached hydrogens (primary N) is 1. The summed E-state index contributed by atoms with van der Waals surface area (Å²) in [5.74, 6) is 0.104. The summed E-state index contributed by atoms with van der Waals surface area (Å²) in [6, 6.07) is 7.14. The largest absolute Gasteiger partial charge is 0.482 e. The first kappa shape index (κ1) is 14.3. The van der Waals surface area contributed by atoms with Crippen LogP contribution >= 0.6 is 11.6 Å². The number of rotatable bonds is 6. The van der Waals surface area contributed by atoms with Gasteiger partial charge in [0.2, 0.25) is 0 Å². The van der Waals surface area contributed by atoms with Gasteiger partial charge in [0.05, 0.1) is 11.1 Å². The molecule has 0 unspecified atom stereocenters. The Morgan fingerprint density at radius 1 is 1.56 bits per heavy atom. The minimum atomic E-state index is -0.366. The number of nitrogens with zero attached hydrogens (tertiary/aromatic N) is 1. The molecule has 1 aromatic carbocycles. The van der Waals surface area contributed by atoms with E-state index >= 15 is 0 Å². The molecular weight excluding hydrogens is 254 g/mol. The number of hydrogen-bond acceptors (Lipinski definition) is 4. The van der Waals surface area contributed by atoms with Gasteiger partial charge in [-0.25, -0.2) is 0 Å². The Kier molecular flexibility index (Phi) is 5.98. The zero-order chi connectivity index (χ0) is 13.4. The molecule has 18 heavy (non-hydrogen) atoms. The number of ether oxygens (including phenoxy) is 1. The van der Waals surface area contributed by atoms with Gasteiger partial charge in [-0.05, 0) is 24.6 Å². The van der Waals surface area contributed by atoms with Crippen LogP contribution in [-0.2, 0) is 11.2 Å². The quantitative estimate of drug-likeness (QED) is 0.748. The molecule has 0 aliphatic rings. The lowest BCUT2D eigenvalue weighted by molar-refractivity contribution is -0.122. The van der Waals surface area contributed by atoms with Gasteiger partial charge in [-0.2, -0.15) is 5.26 Å². The maximum Gasteiger partial charge on any atom is 0.258 e. The molecule has 6 heteroatoms. The topological polar surface area (TPSA) is 88.1 Å². The van der Waals surface area contributed by atoms with Crippen molar-refractivity contribution >= 4 is 17.5 Å². The highest BCUT2D eigenvalue weighted by Gasteiger charge is 2.10. The fourth-order valence-electron chi connectivity index (χ4n) is 1.39. The number of hydrogen-bond donors (Lipinski definition) is 2. The Balaban J connectivity index is 2.66. The number of amides is 1. The van der Waals surface area contributed by atoms with Crippen LogP contribution in [0.5, 0.6) is 5.75 Å². The molecule has 1 rings (SSSR count). The second-order valence-corrected chi connectivity index (χ2v) is 3.90. The Morgan fingerprint density at radius 2 is 2.33 bits per heavy atom. The second kappa shape index (κ2) is 7.54. The van der Waals surface area contributed by atoms with Crippen molar-refractivity contribution in [2.24, 2.45) is 5.73 Å². The van der Waals surface area contributed by atoms with Crippen molar-refractivity contribution in [1.29, 1.82) is 5.26 Å². The van der Waals surface area contributed by atoms with Crippen LogP contribution in [0.2, 0.25) is 5.02 Å². The predicted octanol–water partition coefficient (Wildman–Crippen LogP) is 0.860. The van der Waals surface area contributed by atoms with Crippen molar-refractivity contribution in [1.82, 2.24) is 5.32 Å². The zero-order valence-corrected chi connectivity index (χ0v) is 10.5. The molecule has 0 saturated heterocycles. The third-order valence-corrected chi connectivity index (χ3v) is 2.47. The molecule has 1 amide bonds. The first-order valence-corrected chi connectivity index (χ1v) is 5.80. The first-order valence-electron chi connectivity index (χ1n) is 5.43. The van der Waals surface area contributed by atoms with E-state index in [0.717, 1.165) is 5.56 Å². The molecule has 0 atom stereocenters. The molecule has 0 aromatic heterocycles. The van der Waals surface area contributed by atoms with Gasteiger partial charge in [0.25, 0.3) is 5.91 Å². The maximum absolute atomic E-state index is 11.3. The Labute approximate surface area is 110 Å². The first-order chi connectivity index (χ1) is 8.69. The van der Waals surface area contributed by atoms with Crippen LogP contribution in [-0.4, -0.2) is 25.6 Å². The van der Waals surface area contributed by atoms with Crippen LogP contribution in [0.1, 0.15) is 5.56 Å². The Morgan fingerprint density at radius 3 is 3.00 bits per heavy atom. The van der Waals surface area contributed by atoms with Crippen molar-refractivity contribution in [2.45, 2.75) is 6.42 Å². The van der Waals surface area contributed by atoms with E-state index in [1.54, 1.807) is 12.1 Å². The van der Waals surface area contributed by atoms with Gasteiger partial charge in [0, 0.05) is 0 Å². The lowest BCUT2D eigenvalue weighted by atomic mass is 10.1. The minimum absolute atomic E-state index is 0.0413. The minimum Gasteiger partial charge on any atom is -0.482 e. The van der Waals surface area contributed by atoms with Crippen LogP contribution in [0.15, 0.2) is 18.2 Å². The van der Waals surface area contributed by atoms with Gasteiger partial charge in [-0.3, -0.25) is 4.79 Å². The summed E-state index contributed by atoms with van der Waals surface area (Å²) in [6.07, 6.45) is 0.621. The summed E-state index contributed by atoms with van der Waals surface area (Å²) in [7, 11) is 0. The van der Waals surface area contributed by atoms with Crippen LogP contribution in [0.4, 0.5) is 0 Å². The Hall–Kier alpha value is -1.77. The fraction of sp³-hybridized carbons (Fsp3) is 0.333. The van der Waals surface area contributed by atoms with Crippen LogP contribution in [0.3, 0.4) is 0 Å². The van der Waals surface area contributed by atoms with E-state index < -0.39 is 0 Å². The summed E-state index contributed by atoms with van der Waals surface area (Å²) in [4.78, 5) is 11.3. The molecular formula is C12H14ClN3O2. The lowest BCUT2D eigenvalue weighted by Crippen LogP contribution is -2.29. The van der Waals surface area contributed by atoms with E-state index in [0.29, 0.717) is 23.7 Å². The average molecular weight is 268 g/mol. The third kappa shape index (κ3) is 4.24. The van der Waals surface area contributed by atoms with E-state index in [9.17, 15) is 4.79 Å². The van der Waals surface area contributed by atoms with Gasteiger partial charge in [-0.1, -0.05) is 23.7 Å². The van der Waals surface area contributed by atoms with Crippen molar-refractivity contribution in [3.63, 3.8) is 0 Å². The summed E-state index contributed by atoms with van der Waals surface area (Å²) in [5, 5.41) is 11.1. The monoisotopic (exact) mass is 267 g/mol. The summed E-state index contributed by atoms with van der Waals surface area (Å²) in [5.41, 5.74) is 6.35. The lowest BCUT2D eigenvalue weighted by Gasteiger charge is -2.12. The predicted molar refractivity (Wildman–Crippen MR) is 68.3 cm³/mol. The smallest absolute Gasteiger partial charge is 0.258 e. The van der Waals surface area contributed by atoms with Crippen molar-refractivity contribution in [3.8, 4) is 11.8 Å². The van der Waals surface area contributed by atoms with Crippen molar-refractivity contribution in [3.05, 3.63) is 28.8 Å². The van der Waals surface area contributed by atoms with Gasteiger partial charge in [0.1, 0.15) is 12.3 Å². The molecule has 0 aliphatic heterocycles. The molecule has 0 spiro atoms. The number of para-hydroxylation sites is 1. The molecule has 1 aromatic rings. The normalized spacial score (nSPS) is 9.61.